The first-order chi connectivity index (χ1) is 19.2. The van der Waals surface area contributed by atoms with Crippen LogP contribution in [0, 0.1) is 0 Å². The van der Waals surface area contributed by atoms with Gasteiger partial charge in [0.2, 0.25) is 0 Å². The number of aromatic nitrogens is 2. The van der Waals surface area contributed by atoms with Crippen LogP contribution in [0.25, 0.3) is 21.8 Å². The van der Waals surface area contributed by atoms with Gasteiger partial charge in [-0.25, -0.2) is 0 Å². The van der Waals surface area contributed by atoms with E-state index in [4.69, 9.17) is 0 Å². The number of para-hydroxylation sites is 2. The normalized spacial score (nSPS) is 13.1. The van der Waals surface area contributed by atoms with Crippen LogP contribution in [0.3, 0.4) is 0 Å². The number of fused-ring (bicyclic) bond motifs is 2. The molecule has 0 bridgehead atoms. The minimum atomic E-state index is -0.111. The van der Waals surface area contributed by atoms with Crippen molar-refractivity contribution in [2.24, 2.45) is 0 Å². The van der Waals surface area contributed by atoms with Crippen molar-refractivity contribution < 1.29 is 9.59 Å². The number of hydrogen-bond acceptors (Lipinski definition) is 8. The maximum Gasteiger partial charge on any atom is 0.252 e. The number of rotatable bonds is 11. The summed E-state index contributed by atoms with van der Waals surface area (Å²) in [6, 6.07) is 15.8. The van der Waals surface area contributed by atoms with Gasteiger partial charge < -0.3 is 20.4 Å². The number of amides is 2. The second-order valence-electron chi connectivity index (χ2n) is 10.2. The molecule has 0 spiro atoms. The molecule has 40 heavy (non-hydrogen) atoms. The van der Waals surface area contributed by atoms with Crippen molar-refractivity contribution in [1.29, 1.82) is 0 Å². The molecule has 10 heteroatoms. The molecule has 2 atom stereocenters. The molecular weight excluding hydrogens is 541 g/mol. The fraction of sp³-hybridized carbons (Fsp3) is 0.333. The van der Waals surface area contributed by atoms with E-state index in [1.54, 1.807) is 46.1 Å². The van der Waals surface area contributed by atoms with Crippen LogP contribution in [0.4, 0.5) is 0 Å². The Kier molecular flexibility index (Phi) is 10.0. The number of benzene rings is 2. The highest BCUT2D eigenvalue weighted by atomic mass is 33.1. The lowest BCUT2D eigenvalue weighted by Crippen LogP contribution is -2.38. The minimum absolute atomic E-state index is 0.111. The molecule has 2 aromatic heterocycles. The van der Waals surface area contributed by atoms with Crippen LogP contribution in [0.1, 0.15) is 34.6 Å². The first-order valence-electron chi connectivity index (χ1n) is 13.2. The Morgan fingerprint density at radius 3 is 1.48 bits per heavy atom. The Morgan fingerprint density at radius 1 is 0.700 bits per heavy atom. The van der Waals surface area contributed by atoms with Gasteiger partial charge in [-0.15, -0.1) is 0 Å². The van der Waals surface area contributed by atoms with E-state index >= 15 is 0 Å². The predicted octanol–water partition coefficient (Wildman–Crippen LogP) is 4.94. The van der Waals surface area contributed by atoms with E-state index in [0.29, 0.717) is 24.2 Å². The molecule has 2 heterocycles. The Morgan fingerprint density at radius 2 is 1.10 bits per heavy atom. The summed E-state index contributed by atoms with van der Waals surface area (Å²) in [6.07, 6.45) is 3.37. The van der Waals surface area contributed by atoms with Crippen LogP contribution in [0.15, 0.2) is 70.7 Å². The van der Waals surface area contributed by atoms with Crippen molar-refractivity contribution >= 4 is 55.2 Å². The molecule has 0 saturated carbocycles. The summed E-state index contributed by atoms with van der Waals surface area (Å²) in [5.74, 6) is -0.222. The maximum atomic E-state index is 13.0. The largest absolute Gasteiger partial charge is 0.350 e. The van der Waals surface area contributed by atoms with Gasteiger partial charge in [0.25, 0.3) is 11.8 Å². The molecule has 0 fully saturated rings. The fourth-order valence-electron chi connectivity index (χ4n) is 3.95. The predicted molar refractivity (Wildman–Crippen MR) is 166 cm³/mol. The van der Waals surface area contributed by atoms with Gasteiger partial charge in [-0.3, -0.25) is 19.6 Å². The SMILES string of the molecule is CC(CNC(=O)c1ccnc2c(SSc3cccc4c(C(=O)NCC(C)N(C)C)ccnc34)cccc12)N(C)C. The lowest BCUT2D eigenvalue weighted by Gasteiger charge is -2.20. The van der Waals surface area contributed by atoms with Crippen molar-refractivity contribution in [2.45, 2.75) is 35.7 Å². The highest BCUT2D eigenvalue weighted by Crippen LogP contribution is 2.42. The average Bonchev–Trinajstić information content (AvgIpc) is 2.96. The smallest absolute Gasteiger partial charge is 0.252 e. The van der Waals surface area contributed by atoms with Gasteiger partial charge in [0.1, 0.15) is 0 Å². The van der Waals surface area contributed by atoms with Gasteiger partial charge >= 0.3 is 0 Å². The van der Waals surface area contributed by atoms with E-state index in [0.717, 1.165) is 31.6 Å². The van der Waals surface area contributed by atoms with E-state index in [1.807, 2.05) is 64.6 Å². The summed E-state index contributed by atoms with van der Waals surface area (Å²) in [5.41, 5.74) is 2.76. The molecule has 2 N–H and O–H groups in total. The molecule has 0 radical (unpaired) electrons. The van der Waals surface area contributed by atoms with Crippen LogP contribution in [0.2, 0.25) is 0 Å². The number of hydrogen-bond donors (Lipinski definition) is 2. The van der Waals surface area contributed by atoms with Crippen molar-refractivity contribution in [3.63, 3.8) is 0 Å². The van der Waals surface area contributed by atoms with Crippen LogP contribution in [-0.2, 0) is 0 Å². The molecule has 0 aliphatic carbocycles. The van der Waals surface area contributed by atoms with Crippen molar-refractivity contribution in [2.75, 3.05) is 41.3 Å². The Hall–Kier alpha value is -3.18. The highest BCUT2D eigenvalue weighted by Gasteiger charge is 2.17. The Balaban J connectivity index is 1.55. The zero-order chi connectivity index (χ0) is 28.8. The first-order valence-corrected chi connectivity index (χ1v) is 15.3. The summed E-state index contributed by atoms with van der Waals surface area (Å²) in [6.45, 7) is 5.26. The monoisotopic (exact) mass is 576 g/mol. The van der Waals surface area contributed by atoms with Gasteiger partial charge in [-0.2, -0.15) is 0 Å². The van der Waals surface area contributed by atoms with E-state index in [9.17, 15) is 9.59 Å². The van der Waals surface area contributed by atoms with Crippen LogP contribution in [-0.4, -0.2) is 84.9 Å². The third-order valence-corrected chi connectivity index (χ3v) is 9.49. The topological polar surface area (TPSA) is 90.5 Å². The molecule has 0 aliphatic rings. The number of likely N-dealkylation sites (N-methyl/N-ethyl adjacent to an activating group) is 2. The summed E-state index contributed by atoms with van der Waals surface area (Å²) in [5, 5.41) is 7.70. The zero-order valence-electron chi connectivity index (χ0n) is 23.8. The van der Waals surface area contributed by atoms with Gasteiger partial charge in [0.05, 0.1) is 22.2 Å². The number of nitrogens with zero attached hydrogens (tertiary/aromatic N) is 4. The Labute approximate surface area is 243 Å². The standard InChI is InChI=1S/C30H36N6O2S2/c1-19(35(3)4)17-33-29(37)23-13-15-31-27-21(23)9-7-11-25(27)39-40-26-12-8-10-22-24(14-16-32-28(22)26)30(38)34-18-20(2)36(5)6/h7-16,19-20H,17-18H2,1-6H3,(H,33,37)(H,34,38). The molecule has 0 aliphatic heterocycles. The highest BCUT2D eigenvalue weighted by molar-refractivity contribution is 8.76. The molecule has 8 nitrogen and oxygen atoms in total. The number of carbonyl (C=O) groups excluding carboxylic acids is 2. The third-order valence-electron chi connectivity index (χ3n) is 7.06. The fourth-order valence-corrected chi connectivity index (χ4v) is 6.23. The molecule has 4 rings (SSSR count). The van der Waals surface area contributed by atoms with Crippen molar-refractivity contribution in [3.8, 4) is 0 Å². The summed E-state index contributed by atoms with van der Waals surface area (Å²) >= 11 is 0. The lowest BCUT2D eigenvalue weighted by atomic mass is 10.1. The van der Waals surface area contributed by atoms with Crippen molar-refractivity contribution in [1.82, 2.24) is 30.4 Å². The van der Waals surface area contributed by atoms with Crippen LogP contribution < -0.4 is 10.6 Å². The van der Waals surface area contributed by atoms with E-state index in [1.165, 1.54) is 0 Å². The molecule has 2 unspecified atom stereocenters. The second kappa shape index (κ2) is 13.5. The second-order valence-corrected chi connectivity index (χ2v) is 12.4. The lowest BCUT2D eigenvalue weighted by molar-refractivity contribution is 0.0937. The van der Waals surface area contributed by atoms with Gasteiger partial charge in [0.15, 0.2) is 0 Å². The van der Waals surface area contributed by atoms with E-state index in [-0.39, 0.29) is 23.9 Å². The molecule has 4 aromatic rings. The maximum absolute atomic E-state index is 13.0. The zero-order valence-corrected chi connectivity index (χ0v) is 25.4. The number of carbonyl (C=O) groups is 2. The van der Waals surface area contributed by atoms with E-state index < -0.39 is 0 Å². The number of pyridine rings is 2. The van der Waals surface area contributed by atoms with Crippen molar-refractivity contribution in [3.05, 3.63) is 72.1 Å². The molecule has 2 aromatic carbocycles. The quantitative estimate of drug-likeness (QED) is 0.243. The van der Waals surface area contributed by atoms with Gasteiger partial charge in [-0.05, 0) is 66.3 Å². The summed E-state index contributed by atoms with van der Waals surface area (Å²) in [4.78, 5) is 41.3. The van der Waals surface area contributed by atoms with Gasteiger partial charge in [0, 0.05) is 58.1 Å². The number of nitrogens with one attached hydrogen (secondary N) is 2. The average molecular weight is 577 g/mol. The minimum Gasteiger partial charge on any atom is -0.350 e. The van der Waals surface area contributed by atoms with Crippen LogP contribution in [0.5, 0.6) is 0 Å². The molecule has 0 saturated heterocycles. The molecule has 2 amide bonds. The van der Waals surface area contributed by atoms with Crippen LogP contribution >= 0.6 is 21.6 Å². The Bertz CT molecular complexity index is 1400. The van der Waals surface area contributed by atoms with Gasteiger partial charge in [-0.1, -0.05) is 45.9 Å². The first kappa shape index (κ1) is 29.8. The third kappa shape index (κ3) is 6.93. The summed E-state index contributed by atoms with van der Waals surface area (Å²) < 4.78 is 0. The molecule has 210 valence electrons. The summed E-state index contributed by atoms with van der Waals surface area (Å²) in [7, 11) is 11.1. The molecular formula is C30H36N6O2S2. The van der Waals surface area contributed by atoms with E-state index in [2.05, 4.69) is 44.2 Å².